The topological polar surface area (TPSA) is 30.5 Å². The van der Waals surface area contributed by atoms with Crippen LogP contribution in [0.4, 0.5) is 0 Å². The van der Waals surface area contributed by atoms with Crippen LogP contribution in [0.3, 0.4) is 0 Å². The van der Waals surface area contributed by atoms with E-state index >= 15 is 0 Å². The second kappa shape index (κ2) is 5.61. The molecule has 0 saturated carbocycles. The third-order valence-electron chi connectivity index (χ3n) is 0.916. The fourth-order valence-electron chi connectivity index (χ4n) is 0.428. The highest BCUT2D eigenvalue weighted by Gasteiger charge is 1.88. The highest BCUT2D eigenvalue weighted by Crippen LogP contribution is 1.66. The van der Waals surface area contributed by atoms with Gasteiger partial charge >= 0.3 is 0 Å². The molecule has 0 aliphatic carbocycles. The molecule has 0 aromatic heterocycles. The Hall–Kier alpha value is -0.160. The van der Waals surface area contributed by atoms with Crippen molar-refractivity contribution in [2.24, 2.45) is 0 Å². The van der Waals surface area contributed by atoms with Gasteiger partial charge < -0.3 is 0 Å². The largest absolute Gasteiger partial charge is 0.296 e. The molecule has 4 heteroatoms. The molecule has 0 fully saturated rings. The number of hydrogen-bond donors (Lipinski definition) is 2. The number of nitrogens with one attached hydrogen (secondary N) is 2. The smallest absolute Gasteiger partial charge is 0.0610 e. The molecule has 0 bridgehead atoms. The van der Waals surface area contributed by atoms with Crippen LogP contribution in [0.25, 0.3) is 0 Å². The Balaban J connectivity index is 2.91. The summed E-state index contributed by atoms with van der Waals surface area (Å²) in [6.07, 6.45) is 0. The van der Waals surface area contributed by atoms with Gasteiger partial charge in [0.2, 0.25) is 0 Å². The Morgan fingerprint density at radius 3 is 1.30 bits per heavy atom. The molecular formula is C6H18N4. The summed E-state index contributed by atoms with van der Waals surface area (Å²) in [4.78, 5) is 4.12. The van der Waals surface area contributed by atoms with Crippen molar-refractivity contribution in [1.82, 2.24) is 20.7 Å². The van der Waals surface area contributed by atoms with Gasteiger partial charge in [-0.15, -0.1) is 0 Å². The van der Waals surface area contributed by atoms with Gasteiger partial charge in [0.05, 0.1) is 13.3 Å². The molecule has 0 aliphatic heterocycles. The lowest BCUT2D eigenvalue weighted by atomic mass is 10.9. The van der Waals surface area contributed by atoms with Crippen LogP contribution in [0.15, 0.2) is 0 Å². The summed E-state index contributed by atoms with van der Waals surface area (Å²) in [5.74, 6) is 0. The van der Waals surface area contributed by atoms with Crippen molar-refractivity contribution in [3.8, 4) is 0 Å². The Labute approximate surface area is 63.2 Å². The van der Waals surface area contributed by atoms with Crippen molar-refractivity contribution in [1.29, 1.82) is 0 Å². The molecule has 0 radical (unpaired) electrons. The molecule has 0 heterocycles. The van der Waals surface area contributed by atoms with Gasteiger partial charge in [-0.3, -0.25) is 9.80 Å². The minimum atomic E-state index is 0.855. The average Bonchev–Trinajstić information content (AvgIpc) is 1.79. The molecule has 0 aromatic carbocycles. The zero-order chi connectivity index (χ0) is 7.98. The minimum Gasteiger partial charge on any atom is -0.296 e. The first-order valence-electron chi connectivity index (χ1n) is 3.38. The van der Waals surface area contributed by atoms with Crippen LogP contribution in [-0.2, 0) is 0 Å². The molecule has 62 valence electrons. The first-order valence-corrected chi connectivity index (χ1v) is 3.38. The van der Waals surface area contributed by atoms with Crippen molar-refractivity contribution in [2.45, 2.75) is 0 Å². The Kier molecular flexibility index (Phi) is 5.52. The van der Waals surface area contributed by atoms with Gasteiger partial charge in [0, 0.05) is 0 Å². The lowest BCUT2D eigenvalue weighted by molar-refractivity contribution is 0.285. The van der Waals surface area contributed by atoms with Crippen LogP contribution in [0, 0.1) is 0 Å². The van der Waals surface area contributed by atoms with Gasteiger partial charge in [0.15, 0.2) is 0 Å². The van der Waals surface area contributed by atoms with E-state index < -0.39 is 0 Å². The van der Waals surface area contributed by atoms with Crippen molar-refractivity contribution in [3.63, 3.8) is 0 Å². The monoisotopic (exact) mass is 146 g/mol. The SMILES string of the molecule is CN(C)CNNCN(C)C. The first kappa shape index (κ1) is 9.84. The molecule has 0 aliphatic rings. The molecular weight excluding hydrogens is 128 g/mol. The zero-order valence-electron chi connectivity index (χ0n) is 7.31. The van der Waals surface area contributed by atoms with E-state index in [1.165, 1.54) is 0 Å². The summed E-state index contributed by atoms with van der Waals surface area (Å²) in [6, 6.07) is 0. The van der Waals surface area contributed by atoms with Crippen molar-refractivity contribution in [3.05, 3.63) is 0 Å². The summed E-state index contributed by atoms with van der Waals surface area (Å²) in [7, 11) is 8.07. The van der Waals surface area contributed by atoms with Crippen LogP contribution in [-0.4, -0.2) is 51.3 Å². The summed E-state index contributed by atoms with van der Waals surface area (Å²) in [5, 5.41) is 0. The molecule has 0 rings (SSSR count). The van der Waals surface area contributed by atoms with Gasteiger partial charge in [-0.05, 0) is 28.2 Å². The molecule has 0 unspecified atom stereocenters. The molecule has 0 amide bonds. The predicted octanol–water partition coefficient (Wildman–Crippen LogP) is -0.881. The molecule has 4 nitrogen and oxygen atoms in total. The first-order chi connectivity index (χ1) is 4.63. The van der Waals surface area contributed by atoms with Gasteiger partial charge in [-0.25, -0.2) is 10.9 Å². The van der Waals surface area contributed by atoms with Crippen molar-refractivity contribution in [2.75, 3.05) is 41.5 Å². The van der Waals surface area contributed by atoms with Crippen LogP contribution >= 0.6 is 0 Å². The highest BCUT2D eigenvalue weighted by molar-refractivity contribution is 4.37. The maximum absolute atomic E-state index is 3.05. The summed E-state index contributed by atoms with van der Waals surface area (Å²) >= 11 is 0. The summed E-state index contributed by atoms with van der Waals surface area (Å²) < 4.78 is 0. The number of rotatable bonds is 5. The maximum Gasteiger partial charge on any atom is 0.0610 e. The van der Waals surface area contributed by atoms with Gasteiger partial charge in [0.1, 0.15) is 0 Å². The standard InChI is InChI=1S/C6H18N4/c1-9(2)5-7-8-6-10(3)4/h7-8H,5-6H2,1-4H3. The number of nitrogens with zero attached hydrogens (tertiary/aromatic N) is 2. The van der Waals surface area contributed by atoms with E-state index in [0.717, 1.165) is 13.3 Å². The average molecular weight is 146 g/mol. The summed E-state index contributed by atoms with van der Waals surface area (Å²) in [5.41, 5.74) is 6.10. The van der Waals surface area contributed by atoms with Crippen LogP contribution < -0.4 is 10.9 Å². The van der Waals surface area contributed by atoms with E-state index in [1.54, 1.807) is 0 Å². The maximum atomic E-state index is 3.05. The Morgan fingerprint density at radius 1 is 0.800 bits per heavy atom. The zero-order valence-corrected chi connectivity index (χ0v) is 7.31. The number of hydrogen-bond acceptors (Lipinski definition) is 4. The summed E-state index contributed by atoms with van der Waals surface area (Å²) in [6.45, 7) is 1.71. The Morgan fingerprint density at radius 2 is 1.10 bits per heavy atom. The van der Waals surface area contributed by atoms with Gasteiger partial charge in [-0.1, -0.05) is 0 Å². The molecule has 2 N–H and O–H groups in total. The number of hydrazine groups is 1. The van der Waals surface area contributed by atoms with E-state index in [9.17, 15) is 0 Å². The van der Waals surface area contributed by atoms with Crippen LogP contribution in [0.5, 0.6) is 0 Å². The molecule has 10 heavy (non-hydrogen) atoms. The fraction of sp³-hybridized carbons (Fsp3) is 1.00. The van der Waals surface area contributed by atoms with E-state index in [4.69, 9.17) is 0 Å². The lowest BCUT2D eigenvalue weighted by Crippen LogP contribution is -2.43. The van der Waals surface area contributed by atoms with Gasteiger partial charge in [0.25, 0.3) is 0 Å². The second-order valence-corrected chi connectivity index (χ2v) is 2.83. The van der Waals surface area contributed by atoms with E-state index in [2.05, 4.69) is 20.7 Å². The quantitative estimate of drug-likeness (QED) is 0.299. The van der Waals surface area contributed by atoms with Gasteiger partial charge in [-0.2, -0.15) is 0 Å². The lowest BCUT2D eigenvalue weighted by Gasteiger charge is -2.14. The highest BCUT2D eigenvalue weighted by atomic mass is 15.5. The molecule has 0 aromatic rings. The van der Waals surface area contributed by atoms with E-state index in [1.807, 2.05) is 28.2 Å². The Bertz CT molecular complexity index is 62.1. The van der Waals surface area contributed by atoms with E-state index in [0.29, 0.717) is 0 Å². The molecule has 0 saturated heterocycles. The normalized spacial score (nSPS) is 11.4. The van der Waals surface area contributed by atoms with Crippen molar-refractivity contribution < 1.29 is 0 Å². The predicted molar refractivity (Wildman–Crippen MR) is 43.4 cm³/mol. The third-order valence-corrected chi connectivity index (χ3v) is 0.916. The van der Waals surface area contributed by atoms with E-state index in [-0.39, 0.29) is 0 Å². The molecule has 0 spiro atoms. The van der Waals surface area contributed by atoms with Crippen molar-refractivity contribution >= 4 is 0 Å². The van der Waals surface area contributed by atoms with Crippen LogP contribution in [0.2, 0.25) is 0 Å². The molecule has 0 atom stereocenters. The minimum absolute atomic E-state index is 0.855. The van der Waals surface area contributed by atoms with Crippen LogP contribution in [0.1, 0.15) is 0 Å². The second-order valence-electron chi connectivity index (χ2n) is 2.83. The fourth-order valence-corrected chi connectivity index (χ4v) is 0.428. The third kappa shape index (κ3) is 7.84.